The van der Waals surface area contributed by atoms with E-state index in [2.05, 4.69) is 10.3 Å². The summed E-state index contributed by atoms with van der Waals surface area (Å²) < 4.78 is 15.0. The molecule has 116 valence electrons. The number of rotatable bonds is 5. The van der Waals surface area contributed by atoms with Crippen LogP contribution < -0.4 is 0 Å². The zero-order chi connectivity index (χ0) is 16.1. The van der Waals surface area contributed by atoms with Gasteiger partial charge in [-0.05, 0) is 29.3 Å². The zero-order valence-corrected chi connectivity index (χ0v) is 12.4. The van der Waals surface area contributed by atoms with E-state index in [9.17, 15) is 9.50 Å². The molecule has 0 unspecified atom stereocenters. The smallest absolute Gasteiger partial charge is 0.123 e. The standard InChI is InChI=1S/C18H16FN3O/c19-16-8-4-7-15(11-16)12-22-18(17(13-23)20-21-22)10-9-14-5-2-1-3-6-14/h1-11,23H,12-13H2/b10-9+. The maximum absolute atomic E-state index is 13.3. The lowest BCUT2D eigenvalue weighted by atomic mass is 10.2. The quantitative estimate of drug-likeness (QED) is 0.788. The maximum atomic E-state index is 13.3. The number of aliphatic hydroxyl groups excluding tert-OH is 1. The molecule has 1 aromatic heterocycles. The Morgan fingerprint density at radius 2 is 1.87 bits per heavy atom. The van der Waals surface area contributed by atoms with Crippen LogP contribution in [-0.2, 0) is 13.2 Å². The van der Waals surface area contributed by atoms with Crippen LogP contribution in [0, 0.1) is 5.82 Å². The summed E-state index contributed by atoms with van der Waals surface area (Å²) in [6, 6.07) is 16.2. The second kappa shape index (κ2) is 6.98. The van der Waals surface area contributed by atoms with Gasteiger partial charge >= 0.3 is 0 Å². The highest BCUT2D eigenvalue weighted by molar-refractivity contribution is 5.68. The summed E-state index contributed by atoms with van der Waals surface area (Å²) in [7, 11) is 0. The second-order valence-electron chi connectivity index (χ2n) is 5.11. The lowest BCUT2D eigenvalue weighted by molar-refractivity contribution is 0.276. The number of benzene rings is 2. The predicted octanol–water partition coefficient (Wildman–Crippen LogP) is 3.13. The molecule has 0 bridgehead atoms. The molecule has 3 rings (SSSR count). The van der Waals surface area contributed by atoms with Gasteiger partial charge in [0.1, 0.15) is 11.5 Å². The number of hydrogen-bond donors (Lipinski definition) is 1. The van der Waals surface area contributed by atoms with Crippen molar-refractivity contribution in [3.05, 3.63) is 82.9 Å². The summed E-state index contributed by atoms with van der Waals surface area (Å²) in [5.41, 5.74) is 3.03. The summed E-state index contributed by atoms with van der Waals surface area (Å²) in [6.07, 6.45) is 3.79. The Bertz CT molecular complexity index is 812. The second-order valence-corrected chi connectivity index (χ2v) is 5.11. The molecule has 0 radical (unpaired) electrons. The molecule has 0 saturated carbocycles. The Balaban J connectivity index is 1.90. The topological polar surface area (TPSA) is 50.9 Å². The van der Waals surface area contributed by atoms with Crippen molar-refractivity contribution in [1.82, 2.24) is 15.0 Å². The van der Waals surface area contributed by atoms with Gasteiger partial charge in [0.15, 0.2) is 0 Å². The highest BCUT2D eigenvalue weighted by atomic mass is 19.1. The van der Waals surface area contributed by atoms with Gasteiger partial charge in [0.05, 0.1) is 18.8 Å². The van der Waals surface area contributed by atoms with Crippen LogP contribution in [0.15, 0.2) is 54.6 Å². The summed E-state index contributed by atoms with van der Waals surface area (Å²) in [5.74, 6) is -0.286. The van der Waals surface area contributed by atoms with Gasteiger partial charge in [-0.15, -0.1) is 5.10 Å². The van der Waals surface area contributed by atoms with Crippen LogP contribution in [0.2, 0.25) is 0 Å². The van der Waals surface area contributed by atoms with Crippen molar-refractivity contribution in [3.63, 3.8) is 0 Å². The lowest BCUT2D eigenvalue weighted by Crippen LogP contribution is -2.05. The molecule has 3 aromatic rings. The normalized spacial score (nSPS) is 11.2. The van der Waals surface area contributed by atoms with Gasteiger partial charge < -0.3 is 5.11 Å². The summed E-state index contributed by atoms with van der Waals surface area (Å²) in [5, 5.41) is 17.5. The number of aromatic nitrogens is 3. The van der Waals surface area contributed by atoms with Crippen molar-refractivity contribution in [2.24, 2.45) is 0 Å². The molecule has 4 nitrogen and oxygen atoms in total. The van der Waals surface area contributed by atoms with E-state index in [1.54, 1.807) is 10.7 Å². The first-order chi connectivity index (χ1) is 11.3. The fraction of sp³-hybridized carbons (Fsp3) is 0.111. The first-order valence-electron chi connectivity index (χ1n) is 7.27. The molecule has 1 heterocycles. The zero-order valence-electron chi connectivity index (χ0n) is 12.4. The number of hydrogen-bond acceptors (Lipinski definition) is 3. The van der Waals surface area contributed by atoms with Gasteiger partial charge in [0, 0.05) is 0 Å². The molecule has 0 spiro atoms. The molecular weight excluding hydrogens is 293 g/mol. The molecule has 0 aliphatic rings. The first kappa shape index (κ1) is 15.1. The molecule has 0 atom stereocenters. The van der Waals surface area contributed by atoms with Crippen molar-refractivity contribution >= 4 is 12.2 Å². The van der Waals surface area contributed by atoms with E-state index in [-0.39, 0.29) is 12.4 Å². The van der Waals surface area contributed by atoms with Crippen LogP contribution in [0.25, 0.3) is 12.2 Å². The molecule has 2 aromatic carbocycles. The minimum Gasteiger partial charge on any atom is -0.390 e. The Morgan fingerprint density at radius 1 is 1.04 bits per heavy atom. The van der Waals surface area contributed by atoms with Crippen LogP contribution in [0.1, 0.15) is 22.5 Å². The molecule has 0 fully saturated rings. The van der Waals surface area contributed by atoms with Crippen molar-refractivity contribution in [2.75, 3.05) is 0 Å². The molecule has 1 N–H and O–H groups in total. The summed E-state index contributed by atoms with van der Waals surface area (Å²) >= 11 is 0. The molecule has 0 aliphatic heterocycles. The highest BCUT2D eigenvalue weighted by Crippen LogP contribution is 2.14. The van der Waals surface area contributed by atoms with Crippen LogP contribution in [0.5, 0.6) is 0 Å². The largest absolute Gasteiger partial charge is 0.390 e. The molecule has 0 aliphatic carbocycles. The minimum atomic E-state index is -0.286. The average Bonchev–Trinajstić information content (AvgIpc) is 2.95. The van der Waals surface area contributed by atoms with Gasteiger partial charge in [-0.25, -0.2) is 9.07 Å². The lowest BCUT2D eigenvalue weighted by Gasteiger charge is -2.05. The number of nitrogens with zero attached hydrogens (tertiary/aromatic N) is 3. The van der Waals surface area contributed by atoms with Crippen molar-refractivity contribution in [3.8, 4) is 0 Å². The maximum Gasteiger partial charge on any atom is 0.123 e. The first-order valence-corrected chi connectivity index (χ1v) is 7.27. The van der Waals surface area contributed by atoms with Gasteiger partial charge in [0.25, 0.3) is 0 Å². The van der Waals surface area contributed by atoms with Gasteiger partial charge in [-0.2, -0.15) is 0 Å². The Hall–Kier alpha value is -2.79. The fourth-order valence-corrected chi connectivity index (χ4v) is 2.32. The van der Waals surface area contributed by atoms with Crippen molar-refractivity contribution < 1.29 is 9.50 Å². The fourth-order valence-electron chi connectivity index (χ4n) is 2.32. The van der Waals surface area contributed by atoms with E-state index in [0.29, 0.717) is 17.9 Å². The third-order valence-electron chi connectivity index (χ3n) is 3.45. The van der Waals surface area contributed by atoms with E-state index in [1.165, 1.54) is 12.1 Å². The van der Waals surface area contributed by atoms with Gasteiger partial charge in [-0.1, -0.05) is 53.8 Å². The number of halogens is 1. The van der Waals surface area contributed by atoms with E-state index in [1.807, 2.05) is 48.6 Å². The molecule has 23 heavy (non-hydrogen) atoms. The number of aliphatic hydroxyl groups is 1. The molecule has 5 heteroatoms. The van der Waals surface area contributed by atoms with E-state index < -0.39 is 0 Å². The minimum absolute atomic E-state index is 0.197. The van der Waals surface area contributed by atoms with Crippen LogP contribution in [-0.4, -0.2) is 20.1 Å². The molecule has 0 amide bonds. The Kier molecular flexibility index (Phi) is 4.59. The third-order valence-corrected chi connectivity index (χ3v) is 3.45. The molecule has 0 saturated heterocycles. The summed E-state index contributed by atoms with van der Waals surface area (Å²) in [4.78, 5) is 0. The SMILES string of the molecule is OCc1nnn(Cc2cccc(F)c2)c1/C=C/c1ccccc1. The summed E-state index contributed by atoms with van der Waals surface area (Å²) in [6.45, 7) is 0.191. The predicted molar refractivity (Wildman–Crippen MR) is 86.8 cm³/mol. The van der Waals surface area contributed by atoms with Crippen LogP contribution >= 0.6 is 0 Å². The van der Waals surface area contributed by atoms with Gasteiger partial charge in [0.2, 0.25) is 0 Å². The van der Waals surface area contributed by atoms with Crippen LogP contribution in [0.4, 0.5) is 4.39 Å². The van der Waals surface area contributed by atoms with E-state index in [0.717, 1.165) is 11.1 Å². The van der Waals surface area contributed by atoms with E-state index >= 15 is 0 Å². The van der Waals surface area contributed by atoms with Gasteiger partial charge in [-0.3, -0.25) is 0 Å². The monoisotopic (exact) mass is 309 g/mol. The van der Waals surface area contributed by atoms with E-state index in [4.69, 9.17) is 0 Å². The Labute approximate surface area is 133 Å². The third kappa shape index (κ3) is 3.70. The van der Waals surface area contributed by atoms with Crippen LogP contribution in [0.3, 0.4) is 0 Å². The Morgan fingerprint density at radius 3 is 2.61 bits per heavy atom. The average molecular weight is 309 g/mol. The van der Waals surface area contributed by atoms with Crippen molar-refractivity contribution in [2.45, 2.75) is 13.2 Å². The van der Waals surface area contributed by atoms with Crippen molar-refractivity contribution in [1.29, 1.82) is 0 Å². The molecular formula is C18H16FN3O. The highest BCUT2D eigenvalue weighted by Gasteiger charge is 2.10.